The fourth-order valence-electron chi connectivity index (χ4n) is 4.94. The second-order valence-electron chi connectivity index (χ2n) is 7.51. The summed E-state index contributed by atoms with van der Waals surface area (Å²) in [5, 5.41) is 3.80. The molecule has 0 aromatic rings. The first-order chi connectivity index (χ1) is 10.2. The largest absolute Gasteiger partial charge is 0.308 e. The predicted molar refractivity (Wildman–Crippen MR) is 81.8 cm³/mol. The Morgan fingerprint density at radius 1 is 1.00 bits per heavy atom. The maximum absolute atomic E-state index is 13.1. The van der Waals surface area contributed by atoms with E-state index < -0.39 is 6.43 Å². The topological polar surface area (TPSA) is 15.3 Å². The smallest absolute Gasteiger partial charge is 0.251 e. The first kappa shape index (κ1) is 15.7. The first-order valence-electron chi connectivity index (χ1n) is 8.96. The van der Waals surface area contributed by atoms with E-state index in [1.165, 1.54) is 64.2 Å². The monoisotopic (exact) mass is 300 g/mol. The lowest BCUT2D eigenvalue weighted by Crippen LogP contribution is -2.66. The maximum Gasteiger partial charge on any atom is 0.251 e. The van der Waals surface area contributed by atoms with Crippen molar-refractivity contribution >= 4 is 0 Å². The molecule has 0 radical (unpaired) electrons. The van der Waals surface area contributed by atoms with Crippen molar-refractivity contribution in [1.29, 1.82) is 0 Å². The quantitative estimate of drug-likeness (QED) is 0.852. The van der Waals surface area contributed by atoms with Gasteiger partial charge in [-0.2, -0.15) is 0 Å². The molecule has 2 aliphatic carbocycles. The Balaban J connectivity index is 1.68. The number of hydrogen-bond donors (Lipinski definition) is 1. The summed E-state index contributed by atoms with van der Waals surface area (Å²) in [6.45, 7) is 1.75. The Bertz CT molecular complexity index is 323. The third-order valence-corrected chi connectivity index (χ3v) is 6.04. The van der Waals surface area contributed by atoms with Crippen molar-refractivity contribution in [2.75, 3.05) is 19.6 Å². The molecule has 1 unspecified atom stereocenters. The van der Waals surface area contributed by atoms with Crippen LogP contribution in [0.4, 0.5) is 8.78 Å². The Morgan fingerprint density at radius 3 is 2.33 bits per heavy atom. The molecule has 2 nitrogen and oxygen atoms in total. The standard InChI is InChI=1S/C17H30F2N2/c18-16(19)12-21-13-17(9-5-2-6-10-17)20-11-15(21)14-7-3-1-4-8-14/h14-16,20H,1-13H2. The SMILES string of the molecule is FC(F)CN1CC2(CCCCC2)NCC1C1CCCCC1. The Labute approximate surface area is 127 Å². The van der Waals surface area contributed by atoms with Crippen LogP contribution in [-0.2, 0) is 0 Å². The fourth-order valence-corrected chi connectivity index (χ4v) is 4.94. The van der Waals surface area contributed by atoms with Gasteiger partial charge in [-0.25, -0.2) is 8.78 Å². The Morgan fingerprint density at radius 2 is 1.67 bits per heavy atom. The van der Waals surface area contributed by atoms with Gasteiger partial charge in [0.15, 0.2) is 0 Å². The highest BCUT2D eigenvalue weighted by Crippen LogP contribution is 2.36. The second-order valence-corrected chi connectivity index (χ2v) is 7.51. The zero-order valence-electron chi connectivity index (χ0n) is 13.1. The van der Waals surface area contributed by atoms with Gasteiger partial charge < -0.3 is 5.32 Å². The van der Waals surface area contributed by atoms with E-state index >= 15 is 0 Å². The predicted octanol–water partition coefficient (Wildman–Crippen LogP) is 3.81. The maximum atomic E-state index is 13.1. The molecule has 0 bridgehead atoms. The lowest BCUT2D eigenvalue weighted by atomic mass is 9.76. The molecule has 0 aromatic heterocycles. The zero-order chi connectivity index (χ0) is 14.7. The van der Waals surface area contributed by atoms with E-state index in [0.29, 0.717) is 12.0 Å². The van der Waals surface area contributed by atoms with Gasteiger partial charge in [0.05, 0.1) is 6.54 Å². The molecule has 1 N–H and O–H groups in total. The highest BCUT2D eigenvalue weighted by Gasteiger charge is 2.42. The number of nitrogens with zero attached hydrogens (tertiary/aromatic N) is 1. The van der Waals surface area contributed by atoms with Crippen LogP contribution in [0.1, 0.15) is 64.2 Å². The van der Waals surface area contributed by atoms with Crippen LogP contribution < -0.4 is 5.32 Å². The molecule has 0 aromatic carbocycles. The average Bonchev–Trinajstić information content (AvgIpc) is 2.48. The third kappa shape index (κ3) is 3.76. The van der Waals surface area contributed by atoms with E-state index in [0.717, 1.165) is 13.1 Å². The highest BCUT2D eigenvalue weighted by atomic mass is 19.3. The van der Waals surface area contributed by atoms with E-state index in [9.17, 15) is 8.78 Å². The summed E-state index contributed by atoms with van der Waals surface area (Å²) in [4.78, 5) is 2.16. The Hall–Kier alpha value is -0.220. The number of halogens is 2. The fraction of sp³-hybridized carbons (Fsp3) is 1.00. The van der Waals surface area contributed by atoms with Crippen LogP contribution in [0.5, 0.6) is 0 Å². The van der Waals surface area contributed by atoms with E-state index in [1.54, 1.807) is 0 Å². The zero-order valence-corrected chi connectivity index (χ0v) is 13.1. The minimum Gasteiger partial charge on any atom is -0.308 e. The molecule has 3 rings (SSSR count). The molecule has 4 heteroatoms. The average molecular weight is 300 g/mol. The molecule has 1 atom stereocenters. The number of rotatable bonds is 3. The molecule has 1 saturated heterocycles. The van der Waals surface area contributed by atoms with E-state index in [4.69, 9.17) is 0 Å². The van der Waals surface area contributed by atoms with Crippen LogP contribution in [-0.4, -0.2) is 42.5 Å². The lowest BCUT2D eigenvalue weighted by Gasteiger charge is -2.52. The Kier molecular flexibility index (Phi) is 5.15. The first-order valence-corrected chi connectivity index (χ1v) is 8.96. The van der Waals surface area contributed by atoms with Crippen LogP contribution in [0.2, 0.25) is 0 Å². The van der Waals surface area contributed by atoms with Crippen molar-refractivity contribution in [3.05, 3.63) is 0 Å². The van der Waals surface area contributed by atoms with Gasteiger partial charge >= 0.3 is 0 Å². The minimum atomic E-state index is -2.20. The molecule has 1 aliphatic heterocycles. The van der Waals surface area contributed by atoms with E-state index in [1.807, 2.05) is 0 Å². The minimum absolute atomic E-state index is 0.0232. The summed E-state index contributed by atoms with van der Waals surface area (Å²) in [5.74, 6) is 0.631. The van der Waals surface area contributed by atoms with Crippen molar-refractivity contribution in [3.8, 4) is 0 Å². The van der Waals surface area contributed by atoms with Gasteiger partial charge in [-0.3, -0.25) is 4.90 Å². The molecule has 21 heavy (non-hydrogen) atoms. The molecule has 0 amide bonds. The summed E-state index contributed by atoms with van der Waals surface area (Å²) in [5.41, 5.74) is 0.137. The van der Waals surface area contributed by atoms with E-state index in [-0.39, 0.29) is 12.1 Å². The summed E-state index contributed by atoms with van der Waals surface area (Å²) in [6.07, 6.45) is 10.3. The normalized spacial score (nSPS) is 31.9. The second kappa shape index (κ2) is 6.91. The van der Waals surface area contributed by atoms with Gasteiger partial charge in [0.25, 0.3) is 6.43 Å². The molecule has 2 saturated carbocycles. The van der Waals surface area contributed by atoms with Crippen LogP contribution in [0, 0.1) is 5.92 Å². The third-order valence-electron chi connectivity index (χ3n) is 6.04. The molecule has 1 spiro atoms. The van der Waals surface area contributed by atoms with Crippen molar-refractivity contribution in [2.45, 2.75) is 82.2 Å². The summed E-state index contributed by atoms with van der Waals surface area (Å²) >= 11 is 0. The molecular formula is C17H30F2N2. The number of nitrogens with one attached hydrogen (secondary N) is 1. The van der Waals surface area contributed by atoms with Crippen LogP contribution in [0.15, 0.2) is 0 Å². The van der Waals surface area contributed by atoms with Crippen LogP contribution in [0.3, 0.4) is 0 Å². The highest BCUT2D eigenvalue weighted by molar-refractivity contribution is 5.01. The van der Waals surface area contributed by atoms with Gasteiger partial charge in [-0.05, 0) is 31.6 Å². The number of alkyl halides is 2. The molecule has 3 fully saturated rings. The molecule has 122 valence electrons. The summed E-state index contributed by atoms with van der Waals surface area (Å²) < 4.78 is 26.1. The van der Waals surface area contributed by atoms with Gasteiger partial charge in [-0.15, -0.1) is 0 Å². The van der Waals surface area contributed by atoms with Crippen LogP contribution in [0.25, 0.3) is 0 Å². The lowest BCUT2D eigenvalue weighted by molar-refractivity contribution is -0.0151. The number of hydrogen-bond acceptors (Lipinski definition) is 2. The summed E-state index contributed by atoms with van der Waals surface area (Å²) in [7, 11) is 0. The van der Waals surface area contributed by atoms with Crippen molar-refractivity contribution in [3.63, 3.8) is 0 Å². The van der Waals surface area contributed by atoms with Gasteiger partial charge in [-0.1, -0.05) is 38.5 Å². The summed E-state index contributed by atoms with van der Waals surface area (Å²) in [6, 6.07) is 0.340. The molecule has 3 aliphatic rings. The molecule has 1 heterocycles. The molecular weight excluding hydrogens is 270 g/mol. The van der Waals surface area contributed by atoms with Crippen LogP contribution >= 0.6 is 0 Å². The van der Waals surface area contributed by atoms with Gasteiger partial charge in [0.2, 0.25) is 0 Å². The van der Waals surface area contributed by atoms with Crippen molar-refractivity contribution < 1.29 is 8.78 Å². The number of piperazine rings is 1. The van der Waals surface area contributed by atoms with E-state index in [2.05, 4.69) is 10.2 Å². The van der Waals surface area contributed by atoms with Crippen molar-refractivity contribution in [2.24, 2.45) is 5.92 Å². The van der Waals surface area contributed by atoms with Gasteiger partial charge in [0, 0.05) is 24.7 Å². The van der Waals surface area contributed by atoms with Crippen molar-refractivity contribution in [1.82, 2.24) is 10.2 Å². The van der Waals surface area contributed by atoms with Gasteiger partial charge in [0.1, 0.15) is 0 Å².